The fraction of sp³-hybridized carbons (Fsp3) is 0.267. The molecule has 1 heterocycles. The van der Waals surface area contributed by atoms with Crippen molar-refractivity contribution in [2.75, 3.05) is 5.32 Å². The smallest absolute Gasteiger partial charge is 0.272 e. The van der Waals surface area contributed by atoms with Crippen LogP contribution in [0.25, 0.3) is 0 Å². The molecule has 1 atom stereocenters. The van der Waals surface area contributed by atoms with Crippen molar-refractivity contribution in [1.82, 2.24) is 4.57 Å². The third-order valence-corrected chi connectivity index (χ3v) is 5.18. The lowest BCUT2D eigenvalue weighted by molar-refractivity contribution is 0.101. The van der Waals surface area contributed by atoms with Gasteiger partial charge in [0.2, 0.25) is 0 Å². The summed E-state index contributed by atoms with van der Waals surface area (Å²) in [6.07, 6.45) is 1.59. The summed E-state index contributed by atoms with van der Waals surface area (Å²) in [6.45, 7) is 0. The zero-order valence-electron chi connectivity index (χ0n) is 11.8. The molecule has 1 aliphatic carbocycles. The molecule has 0 aliphatic heterocycles. The zero-order chi connectivity index (χ0) is 16.0. The molecule has 0 unspecified atom stereocenters. The molecule has 0 saturated carbocycles. The minimum Gasteiger partial charge on any atom is -0.334 e. The van der Waals surface area contributed by atoms with E-state index in [0.717, 1.165) is 28.6 Å². The third-order valence-electron chi connectivity index (χ3n) is 3.93. The maximum Gasteiger partial charge on any atom is 0.272 e. The van der Waals surface area contributed by atoms with Crippen molar-refractivity contribution < 1.29 is 9.18 Å². The van der Waals surface area contributed by atoms with Crippen LogP contribution in [0.1, 0.15) is 34.1 Å². The number of rotatable bonds is 2. The molecule has 7 heteroatoms. The quantitative estimate of drug-likeness (QED) is 0.825. The van der Waals surface area contributed by atoms with E-state index in [2.05, 4.69) is 21.2 Å². The van der Waals surface area contributed by atoms with E-state index in [0.29, 0.717) is 11.4 Å². The predicted octanol–water partition coefficient (Wildman–Crippen LogP) is 3.78. The van der Waals surface area contributed by atoms with E-state index in [9.17, 15) is 9.18 Å². The van der Waals surface area contributed by atoms with E-state index < -0.39 is 5.82 Å². The third kappa shape index (κ3) is 2.45. The van der Waals surface area contributed by atoms with Crippen molar-refractivity contribution in [2.24, 2.45) is 12.8 Å². The van der Waals surface area contributed by atoms with Crippen LogP contribution in [0.3, 0.4) is 0 Å². The molecule has 0 radical (unpaired) electrons. The van der Waals surface area contributed by atoms with Gasteiger partial charge in [-0.25, -0.2) is 4.39 Å². The van der Waals surface area contributed by atoms with Gasteiger partial charge in [0.25, 0.3) is 5.91 Å². The molecular weight excluding hydrogens is 373 g/mol. The summed E-state index contributed by atoms with van der Waals surface area (Å²) in [5, 5.41) is 2.72. The molecule has 0 bridgehead atoms. The van der Waals surface area contributed by atoms with Crippen molar-refractivity contribution in [1.29, 1.82) is 0 Å². The Bertz CT molecular complexity index is 775. The van der Waals surface area contributed by atoms with Crippen LogP contribution < -0.4 is 11.1 Å². The average Bonchev–Trinajstić information content (AvgIpc) is 2.95. The van der Waals surface area contributed by atoms with Crippen LogP contribution in [-0.4, -0.2) is 10.5 Å². The molecule has 4 nitrogen and oxygen atoms in total. The van der Waals surface area contributed by atoms with Gasteiger partial charge in [0.15, 0.2) is 0 Å². The second kappa shape index (κ2) is 5.68. The minimum atomic E-state index is -0.520. The van der Waals surface area contributed by atoms with Gasteiger partial charge in [-0.1, -0.05) is 11.6 Å². The van der Waals surface area contributed by atoms with E-state index in [1.165, 1.54) is 18.2 Å². The predicted molar refractivity (Wildman–Crippen MR) is 87.7 cm³/mol. The Hall–Kier alpha value is -1.37. The van der Waals surface area contributed by atoms with Gasteiger partial charge in [-0.3, -0.25) is 4.79 Å². The highest BCUT2D eigenvalue weighted by Gasteiger charge is 2.31. The summed E-state index contributed by atoms with van der Waals surface area (Å²) < 4.78 is 15.8. The number of aromatic nitrogens is 1. The van der Waals surface area contributed by atoms with Crippen molar-refractivity contribution in [3.05, 3.63) is 50.5 Å². The number of halogens is 3. The number of nitrogens with zero attached hydrogens (tertiary/aromatic N) is 1. The van der Waals surface area contributed by atoms with Crippen LogP contribution >= 0.6 is 27.5 Å². The van der Waals surface area contributed by atoms with E-state index in [1.807, 2.05) is 7.05 Å². The van der Waals surface area contributed by atoms with E-state index in [1.54, 1.807) is 4.57 Å². The Kier molecular flexibility index (Phi) is 4.01. The van der Waals surface area contributed by atoms with Gasteiger partial charge in [-0.05, 0) is 52.5 Å². The van der Waals surface area contributed by atoms with Gasteiger partial charge in [-0.15, -0.1) is 0 Å². The first kappa shape index (κ1) is 15.5. The van der Waals surface area contributed by atoms with Crippen molar-refractivity contribution in [3.8, 4) is 0 Å². The molecule has 0 saturated heterocycles. The number of benzene rings is 1. The molecule has 1 aromatic carbocycles. The van der Waals surface area contributed by atoms with E-state index in [4.69, 9.17) is 17.3 Å². The Morgan fingerprint density at radius 3 is 2.95 bits per heavy atom. The highest BCUT2D eigenvalue weighted by molar-refractivity contribution is 9.10. The molecule has 2 aromatic rings. The highest BCUT2D eigenvalue weighted by Crippen LogP contribution is 2.39. The van der Waals surface area contributed by atoms with Gasteiger partial charge in [-0.2, -0.15) is 0 Å². The summed E-state index contributed by atoms with van der Waals surface area (Å²) in [7, 11) is 1.81. The molecule has 3 rings (SSSR count). The Morgan fingerprint density at radius 2 is 2.27 bits per heavy atom. The van der Waals surface area contributed by atoms with Crippen LogP contribution in [0.2, 0.25) is 5.02 Å². The lowest BCUT2D eigenvalue weighted by atomic mass is 10.1. The molecule has 22 heavy (non-hydrogen) atoms. The summed E-state index contributed by atoms with van der Waals surface area (Å²) >= 11 is 9.24. The molecule has 0 fully saturated rings. The fourth-order valence-electron chi connectivity index (χ4n) is 2.86. The van der Waals surface area contributed by atoms with Gasteiger partial charge in [0.05, 0.1) is 9.63 Å². The average molecular weight is 387 g/mol. The Labute approximate surface area is 140 Å². The highest BCUT2D eigenvalue weighted by atomic mass is 79.9. The normalized spacial score (nSPS) is 16.7. The largest absolute Gasteiger partial charge is 0.334 e. The minimum absolute atomic E-state index is 0.0295. The van der Waals surface area contributed by atoms with Crippen LogP contribution in [0.15, 0.2) is 22.8 Å². The SMILES string of the molecule is Cn1c(Br)c2c(c1C(=O)Nc1ccc(F)c(Cl)c1)CC[C@@H]2N. The summed E-state index contributed by atoms with van der Waals surface area (Å²) in [6, 6.07) is 4.03. The molecule has 0 spiro atoms. The number of hydrogen-bond donors (Lipinski definition) is 2. The summed E-state index contributed by atoms with van der Waals surface area (Å²) in [5.74, 6) is -0.783. The Balaban J connectivity index is 1.95. The maximum atomic E-state index is 13.2. The van der Waals surface area contributed by atoms with E-state index in [-0.39, 0.29) is 17.0 Å². The molecule has 1 aromatic heterocycles. The number of nitrogens with two attached hydrogens (primary N) is 1. The number of nitrogens with one attached hydrogen (secondary N) is 1. The lowest BCUT2D eigenvalue weighted by Crippen LogP contribution is -2.17. The molecule has 1 amide bonds. The lowest BCUT2D eigenvalue weighted by Gasteiger charge is -2.09. The number of amides is 1. The van der Waals surface area contributed by atoms with Crippen molar-refractivity contribution in [3.63, 3.8) is 0 Å². The first-order valence-corrected chi connectivity index (χ1v) is 7.96. The zero-order valence-corrected chi connectivity index (χ0v) is 14.1. The van der Waals surface area contributed by atoms with Crippen LogP contribution in [0, 0.1) is 5.82 Å². The number of hydrogen-bond acceptors (Lipinski definition) is 2. The molecule has 116 valence electrons. The molecular formula is C15H14BrClFN3O. The number of carbonyl (C=O) groups excluding carboxylic acids is 1. The number of carbonyl (C=O) groups is 1. The van der Waals surface area contributed by atoms with Crippen molar-refractivity contribution >= 4 is 39.1 Å². The maximum absolute atomic E-state index is 13.2. The van der Waals surface area contributed by atoms with Crippen molar-refractivity contribution in [2.45, 2.75) is 18.9 Å². The van der Waals surface area contributed by atoms with Crippen LogP contribution in [-0.2, 0) is 13.5 Å². The number of fused-ring (bicyclic) bond motifs is 1. The van der Waals surface area contributed by atoms with Gasteiger partial charge >= 0.3 is 0 Å². The molecule has 3 N–H and O–H groups in total. The standard InChI is InChI=1S/C15H14BrClFN3O/c1-21-13(8-3-5-11(19)12(8)14(21)16)15(22)20-7-2-4-10(18)9(17)6-7/h2,4,6,11H,3,5,19H2,1H3,(H,20,22)/t11-/m0/s1. The number of anilines is 1. The monoisotopic (exact) mass is 385 g/mol. The second-order valence-corrected chi connectivity index (χ2v) is 6.48. The fourth-order valence-corrected chi connectivity index (χ4v) is 3.75. The van der Waals surface area contributed by atoms with Gasteiger partial charge in [0.1, 0.15) is 11.5 Å². The van der Waals surface area contributed by atoms with Crippen LogP contribution in [0.5, 0.6) is 0 Å². The van der Waals surface area contributed by atoms with E-state index >= 15 is 0 Å². The summed E-state index contributed by atoms with van der Waals surface area (Å²) in [5.41, 5.74) is 9.05. The topological polar surface area (TPSA) is 60.0 Å². The first-order chi connectivity index (χ1) is 10.4. The second-order valence-electron chi connectivity index (χ2n) is 5.32. The summed E-state index contributed by atoms with van der Waals surface area (Å²) in [4.78, 5) is 12.6. The first-order valence-electron chi connectivity index (χ1n) is 6.79. The van der Waals surface area contributed by atoms with Gasteiger partial charge < -0.3 is 15.6 Å². The van der Waals surface area contributed by atoms with Gasteiger partial charge in [0, 0.05) is 24.3 Å². The Morgan fingerprint density at radius 1 is 1.55 bits per heavy atom. The van der Waals surface area contributed by atoms with Crippen LogP contribution in [0.4, 0.5) is 10.1 Å². The molecule has 1 aliphatic rings.